The van der Waals surface area contributed by atoms with Crippen LogP contribution in [0.5, 0.6) is 0 Å². The molecule has 0 amide bonds. The van der Waals surface area contributed by atoms with Gasteiger partial charge in [-0.15, -0.1) is 0 Å². The quantitative estimate of drug-likeness (QED) is 0.193. The Hall–Kier alpha value is -2.52. The van der Waals surface area contributed by atoms with Crippen molar-refractivity contribution < 1.29 is 9.53 Å². The lowest BCUT2D eigenvalue weighted by atomic mass is 10.2. The van der Waals surface area contributed by atoms with E-state index in [2.05, 4.69) is 21.3 Å². The van der Waals surface area contributed by atoms with Gasteiger partial charge in [0.2, 0.25) is 0 Å². The molecule has 0 N–H and O–H groups in total. The van der Waals surface area contributed by atoms with Crippen LogP contribution in [0, 0.1) is 0 Å². The smallest absolute Gasteiger partial charge is 0.335 e. The molecule has 0 aliphatic rings. The molecule has 5 heteroatoms. The Balaban J connectivity index is 2.71. The van der Waals surface area contributed by atoms with E-state index in [0.29, 0.717) is 5.69 Å². The van der Waals surface area contributed by atoms with Crippen LogP contribution in [0.4, 0.5) is 5.69 Å². The SMILES string of the molecule is C=COC(=O)C=Cc1ccc(N=[N+]=[N-])cc1. The van der Waals surface area contributed by atoms with Gasteiger partial charge in [-0.2, -0.15) is 0 Å². The lowest BCUT2D eigenvalue weighted by Crippen LogP contribution is -1.92. The molecule has 0 aliphatic heterocycles. The molecule has 0 heterocycles. The molecule has 1 rings (SSSR count). The highest BCUT2D eigenvalue weighted by molar-refractivity contribution is 5.87. The zero-order valence-electron chi connectivity index (χ0n) is 8.41. The van der Waals surface area contributed by atoms with Gasteiger partial charge in [-0.3, -0.25) is 0 Å². The molecule has 0 unspecified atom stereocenters. The fraction of sp³-hybridized carbons (Fsp3) is 0. The Morgan fingerprint density at radius 3 is 2.69 bits per heavy atom. The third-order valence-corrected chi connectivity index (χ3v) is 1.66. The second-order valence-electron chi connectivity index (χ2n) is 2.72. The maximum atomic E-state index is 10.9. The van der Waals surface area contributed by atoms with Crippen molar-refractivity contribution in [1.29, 1.82) is 0 Å². The van der Waals surface area contributed by atoms with Gasteiger partial charge in [-0.05, 0) is 17.2 Å². The number of benzene rings is 1. The monoisotopic (exact) mass is 215 g/mol. The van der Waals surface area contributed by atoms with Crippen molar-refractivity contribution in [2.24, 2.45) is 5.11 Å². The first-order valence-electron chi connectivity index (χ1n) is 4.41. The second-order valence-corrected chi connectivity index (χ2v) is 2.72. The van der Waals surface area contributed by atoms with Crippen LogP contribution in [0.25, 0.3) is 16.5 Å². The first-order valence-corrected chi connectivity index (χ1v) is 4.41. The van der Waals surface area contributed by atoms with Crippen LogP contribution in [-0.4, -0.2) is 5.97 Å². The lowest BCUT2D eigenvalue weighted by Gasteiger charge is -1.94. The third kappa shape index (κ3) is 3.69. The zero-order valence-corrected chi connectivity index (χ0v) is 8.41. The zero-order chi connectivity index (χ0) is 11.8. The Bertz CT molecular complexity index is 457. The van der Waals surface area contributed by atoms with Crippen molar-refractivity contribution in [2.75, 3.05) is 0 Å². The number of hydrogen-bond donors (Lipinski definition) is 0. The molecule has 0 radical (unpaired) electrons. The molecular formula is C11H9N3O2. The van der Waals surface area contributed by atoms with Gasteiger partial charge in [-0.1, -0.05) is 36.0 Å². The molecule has 0 aromatic heterocycles. The largest absolute Gasteiger partial charge is 0.432 e. The predicted molar refractivity (Wildman–Crippen MR) is 60.6 cm³/mol. The van der Waals surface area contributed by atoms with E-state index in [4.69, 9.17) is 5.53 Å². The van der Waals surface area contributed by atoms with E-state index in [1.54, 1.807) is 30.3 Å². The fourth-order valence-corrected chi connectivity index (χ4v) is 0.989. The summed E-state index contributed by atoms with van der Waals surface area (Å²) in [4.78, 5) is 13.6. The number of ether oxygens (including phenoxy) is 1. The number of carbonyl (C=O) groups is 1. The molecule has 0 saturated carbocycles. The first-order chi connectivity index (χ1) is 7.76. The van der Waals surface area contributed by atoms with Gasteiger partial charge in [0.25, 0.3) is 0 Å². The summed E-state index contributed by atoms with van der Waals surface area (Å²) < 4.78 is 4.50. The van der Waals surface area contributed by atoms with E-state index in [-0.39, 0.29) is 0 Å². The summed E-state index contributed by atoms with van der Waals surface area (Å²) in [7, 11) is 0. The summed E-state index contributed by atoms with van der Waals surface area (Å²) in [5, 5.41) is 3.42. The molecule has 16 heavy (non-hydrogen) atoms. The topological polar surface area (TPSA) is 75.1 Å². The van der Waals surface area contributed by atoms with Gasteiger partial charge in [0.05, 0.1) is 6.26 Å². The summed E-state index contributed by atoms with van der Waals surface area (Å²) in [6.45, 7) is 3.26. The average Bonchev–Trinajstić information content (AvgIpc) is 2.29. The van der Waals surface area contributed by atoms with E-state index in [0.717, 1.165) is 11.8 Å². The van der Waals surface area contributed by atoms with E-state index >= 15 is 0 Å². The van der Waals surface area contributed by atoms with Gasteiger partial charge in [0, 0.05) is 16.7 Å². The van der Waals surface area contributed by atoms with Crippen molar-refractivity contribution in [3.05, 3.63) is 59.2 Å². The van der Waals surface area contributed by atoms with Crippen LogP contribution in [0.3, 0.4) is 0 Å². The number of hydrogen-bond acceptors (Lipinski definition) is 3. The Morgan fingerprint density at radius 2 is 2.12 bits per heavy atom. The fourth-order valence-electron chi connectivity index (χ4n) is 0.989. The van der Waals surface area contributed by atoms with Gasteiger partial charge < -0.3 is 4.74 Å². The van der Waals surface area contributed by atoms with E-state index in [1.807, 2.05) is 0 Å². The summed E-state index contributed by atoms with van der Waals surface area (Å²) in [5.74, 6) is -0.492. The van der Waals surface area contributed by atoms with Crippen LogP contribution in [-0.2, 0) is 9.53 Å². The van der Waals surface area contributed by atoms with Crippen molar-refractivity contribution >= 4 is 17.7 Å². The first kappa shape index (κ1) is 11.6. The molecule has 0 bridgehead atoms. The number of carbonyl (C=O) groups excluding carboxylic acids is 1. The minimum Gasteiger partial charge on any atom is -0.432 e. The van der Waals surface area contributed by atoms with Gasteiger partial charge >= 0.3 is 5.97 Å². The van der Waals surface area contributed by atoms with Crippen LogP contribution in [0.15, 0.2) is 48.3 Å². The molecule has 0 atom stereocenters. The lowest BCUT2D eigenvalue weighted by molar-refractivity contribution is -0.132. The number of nitrogens with zero attached hydrogens (tertiary/aromatic N) is 3. The Kier molecular flexibility index (Phi) is 4.37. The van der Waals surface area contributed by atoms with Crippen LogP contribution in [0.2, 0.25) is 0 Å². The second kappa shape index (κ2) is 6.06. The van der Waals surface area contributed by atoms with Crippen LogP contribution >= 0.6 is 0 Å². The van der Waals surface area contributed by atoms with E-state index in [1.165, 1.54) is 6.08 Å². The highest BCUT2D eigenvalue weighted by Gasteiger charge is 1.93. The maximum absolute atomic E-state index is 10.9. The van der Waals surface area contributed by atoms with Gasteiger partial charge in [0.1, 0.15) is 0 Å². The molecule has 0 spiro atoms. The highest BCUT2D eigenvalue weighted by atomic mass is 16.5. The van der Waals surface area contributed by atoms with Crippen molar-refractivity contribution in [3.8, 4) is 0 Å². The normalized spacial score (nSPS) is 9.50. The molecule has 5 nitrogen and oxygen atoms in total. The maximum Gasteiger partial charge on any atom is 0.335 e. The minimum absolute atomic E-state index is 0.492. The third-order valence-electron chi connectivity index (χ3n) is 1.66. The summed E-state index contributed by atoms with van der Waals surface area (Å²) in [6, 6.07) is 6.75. The van der Waals surface area contributed by atoms with Gasteiger partial charge in [0.15, 0.2) is 0 Å². The molecule has 1 aromatic carbocycles. The average molecular weight is 215 g/mol. The van der Waals surface area contributed by atoms with Crippen LogP contribution < -0.4 is 0 Å². The van der Waals surface area contributed by atoms with Crippen molar-refractivity contribution in [3.63, 3.8) is 0 Å². The van der Waals surface area contributed by atoms with Crippen LogP contribution in [0.1, 0.15) is 5.56 Å². The molecule has 1 aromatic rings. The standard InChI is InChI=1S/C11H9N3O2/c1-2-16-11(15)8-5-9-3-6-10(7-4-9)13-14-12/h2-8H,1H2. The molecule has 0 aliphatic carbocycles. The number of rotatable bonds is 4. The number of azide groups is 1. The highest BCUT2D eigenvalue weighted by Crippen LogP contribution is 2.13. The molecule has 0 saturated heterocycles. The molecule has 80 valence electrons. The summed E-state index contributed by atoms with van der Waals surface area (Å²) >= 11 is 0. The Morgan fingerprint density at radius 1 is 1.44 bits per heavy atom. The van der Waals surface area contributed by atoms with Gasteiger partial charge in [-0.25, -0.2) is 4.79 Å². The Labute approximate surface area is 92.3 Å². The summed E-state index contributed by atoms with van der Waals surface area (Å²) in [6.07, 6.45) is 3.94. The molecular weight excluding hydrogens is 206 g/mol. The predicted octanol–water partition coefficient (Wildman–Crippen LogP) is 3.33. The van der Waals surface area contributed by atoms with Crippen molar-refractivity contribution in [2.45, 2.75) is 0 Å². The van der Waals surface area contributed by atoms with E-state index < -0.39 is 5.97 Å². The minimum atomic E-state index is -0.492. The molecule has 0 fully saturated rings. The summed E-state index contributed by atoms with van der Waals surface area (Å²) in [5.41, 5.74) is 9.52. The van der Waals surface area contributed by atoms with Crippen molar-refractivity contribution in [1.82, 2.24) is 0 Å². The number of esters is 1. The van der Waals surface area contributed by atoms with E-state index in [9.17, 15) is 4.79 Å².